The highest BCUT2D eigenvalue weighted by Gasteiger charge is 2.32. The Morgan fingerprint density at radius 1 is 1.07 bits per heavy atom. The van der Waals surface area contributed by atoms with Crippen LogP contribution in [-0.2, 0) is 20.7 Å². The fraction of sp³-hybridized carbons (Fsp3) is 0.435. The van der Waals surface area contributed by atoms with Gasteiger partial charge in [-0.25, -0.2) is 4.79 Å². The van der Waals surface area contributed by atoms with Crippen molar-refractivity contribution in [3.05, 3.63) is 65.2 Å². The number of esters is 1. The second kappa shape index (κ2) is 8.76. The van der Waals surface area contributed by atoms with E-state index >= 15 is 0 Å². The van der Waals surface area contributed by atoms with E-state index in [0.717, 1.165) is 32.6 Å². The van der Waals surface area contributed by atoms with E-state index in [1.165, 1.54) is 22.4 Å². The molecule has 28 heavy (non-hydrogen) atoms. The average Bonchev–Trinajstić information content (AvgIpc) is 2.86. The van der Waals surface area contributed by atoms with E-state index in [1.54, 1.807) is 6.92 Å². The van der Waals surface area contributed by atoms with Crippen LogP contribution in [-0.4, -0.2) is 56.9 Å². The number of nitrogens with zero attached hydrogens (tertiary/aromatic N) is 2. The molecule has 0 N–H and O–H groups in total. The molecular formula is C23H28N2O3. The minimum atomic E-state index is -0.290. The molecule has 2 aromatic rings. The summed E-state index contributed by atoms with van der Waals surface area (Å²) in [4.78, 5) is 16.4. The summed E-state index contributed by atoms with van der Waals surface area (Å²) >= 11 is 0. The molecule has 0 bridgehead atoms. The summed E-state index contributed by atoms with van der Waals surface area (Å²) in [6, 6.07) is 18.0. The first-order valence-corrected chi connectivity index (χ1v) is 10.1. The number of ether oxygens (including phenoxy) is 2. The highest BCUT2D eigenvalue weighted by molar-refractivity contribution is 5.70. The van der Waals surface area contributed by atoms with Crippen molar-refractivity contribution in [2.75, 3.05) is 50.9 Å². The summed E-state index contributed by atoms with van der Waals surface area (Å²) in [5.74, 6) is -0.290. The summed E-state index contributed by atoms with van der Waals surface area (Å²) < 4.78 is 10.4. The Balaban J connectivity index is 1.46. The number of carbonyl (C=O) groups is 1. The van der Waals surface area contributed by atoms with Crippen LogP contribution in [0.15, 0.2) is 48.5 Å². The first-order chi connectivity index (χ1) is 13.8. The van der Waals surface area contributed by atoms with Crippen LogP contribution in [0, 0.1) is 0 Å². The van der Waals surface area contributed by atoms with E-state index in [2.05, 4.69) is 58.3 Å². The fourth-order valence-electron chi connectivity index (χ4n) is 4.31. The normalized spacial score (nSPS) is 18.6. The van der Waals surface area contributed by atoms with Crippen molar-refractivity contribution in [3.8, 4) is 0 Å². The van der Waals surface area contributed by atoms with Gasteiger partial charge >= 0.3 is 5.97 Å². The molecule has 0 radical (unpaired) electrons. The van der Waals surface area contributed by atoms with Gasteiger partial charge in [0.25, 0.3) is 0 Å². The maximum Gasteiger partial charge on any atom is 0.332 e. The van der Waals surface area contributed by atoms with Crippen molar-refractivity contribution in [1.82, 2.24) is 4.90 Å². The number of hydrogen-bond donors (Lipinski definition) is 0. The third-order valence-corrected chi connectivity index (χ3v) is 5.64. The molecule has 1 atom stereocenters. The molecule has 5 heteroatoms. The van der Waals surface area contributed by atoms with Crippen molar-refractivity contribution in [1.29, 1.82) is 0 Å². The zero-order valence-electron chi connectivity index (χ0n) is 16.5. The zero-order valence-corrected chi connectivity index (χ0v) is 16.5. The second-order valence-electron chi connectivity index (χ2n) is 7.37. The number of piperazine rings is 1. The lowest BCUT2D eigenvalue weighted by Gasteiger charge is -2.43. The van der Waals surface area contributed by atoms with Gasteiger partial charge in [0.15, 0.2) is 0 Å². The van der Waals surface area contributed by atoms with E-state index in [0.29, 0.717) is 19.3 Å². The minimum absolute atomic E-state index is 0.0352. The highest BCUT2D eigenvalue weighted by Crippen LogP contribution is 2.38. The lowest BCUT2D eigenvalue weighted by atomic mass is 9.96. The average molecular weight is 380 g/mol. The fourth-order valence-corrected chi connectivity index (χ4v) is 4.31. The Kier molecular flexibility index (Phi) is 5.93. The summed E-state index contributed by atoms with van der Waals surface area (Å²) in [6.07, 6.45) is 0.988. The van der Waals surface area contributed by atoms with Gasteiger partial charge in [0, 0.05) is 31.9 Å². The molecule has 4 rings (SSSR count). The molecule has 0 unspecified atom stereocenters. The van der Waals surface area contributed by atoms with Gasteiger partial charge in [-0.05, 0) is 36.1 Å². The molecule has 0 aromatic heterocycles. The Labute approximate surface area is 166 Å². The van der Waals surface area contributed by atoms with Gasteiger partial charge in [-0.15, -0.1) is 0 Å². The number of carbonyl (C=O) groups excluding carboxylic acids is 1. The van der Waals surface area contributed by atoms with Crippen LogP contribution in [0.5, 0.6) is 0 Å². The van der Waals surface area contributed by atoms with Gasteiger partial charge < -0.3 is 14.4 Å². The SMILES string of the molecule is CCOC(=O)COCCN1CCN2c3ccccc3Cc3ccccc3[C@H]2C1. The van der Waals surface area contributed by atoms with E-state index < -0.39 is 0 Å². The van der Waals surface area contributed by atoms with E-state index in [9.17, 15) is 4.79 Å². The minimum Gasteiger partial charge on any atom is -0.464 e. The molecule has 0 aliphatic carbocycles. The molecule has 2 aliphatic heterocycles. The molecule has 0 saturated carbocycles. The van der Waals surface area contributed by atoms with Gasteiger partial charge in [-0.1, -0.05) is 42.5 Å². The Hall–Kier alpha value is -2.37. The zero-order chi connectivity index (χ0) is 19.3. The van der Waals surface area contributed by atoms with Gasteiger partial charge in [0.1, 0.15) is 6.61 Å². The van der Waals surface area contributed by atoms with E-state index in [-0.39, 0.29) is 12.6 Å². The van der Waals surface area contributed by atoms with Crippen LogP contribution in [0.25, 0.3) is 0 Å². The maximum atomic E-state index is 11.4. The smallest absolute Gasteiger partial charge is 0.332 e. The highest BCUT2D eigenvalue weighted by atomic mass is 16.6. The van der Waals surface area contributed by atoms with Crippen molar-refractivity contribution in [2.45, 2.75) is 19.4 Å². The number of hydrogen-bond acceptors (Lipinski definition) is 5. The molecule has 2 heterocycles. The topological polar surface area (TPSA) is 42.0 Å². The van der Waals surface area contributed by atoms with Crippen molar-refractivity contribution in [2.24, 2.45) is 0 Å². The molecule has 1 saturated heterocycles. The van der Waals surface area contributed by atoms with Gasteiger partial charge in [0.05, 0.1) is 19.3 Å². The van der Waals surface area contributed by atoms with Crippen LogP contribution in [0.3, 0.4) is 0 Å². The van der Waals surface area contributed by atoms with Crippen molar-refractivity contribution < 1.29 is 14.3 Å². The second-order valence-corrected chi connectivity index (χ2v) is 7.37. The summed E-state index contributed by atoms with van der Waals surface area (Å²) in [7, 11) is 0. The third-order valence-electron chi connectivity index (χ3n) is 5.64. The van der Waals surface area contributed by atoms with Crippen LogP contribution < -0.4 is 4.90 Å². The Morgan fingerprint density at radius 3 is 2.71 bits per heavy atom. The summed E-state index contributed by atoms with van der Waals surface area (Å²) in [5, 5.41) is 0. The quantitative estimate of drug-likeness (QED) is 0.569. The molecule has 2 aliphatic rings. The van der Waals surface area contributed by atoms with Crippen LogP contribution in [0.2, 0.25) is 0 Å². The van der Waals surface area contributed by atoms with Crippen LogP contribution in [0.4, 0.5) is 5.69 Å². The molecule has 148 valence electrons. The van der Waals surface area contributed by atoms with Gasteiger partial charge in [-0.2, -0.15) is 0 Å². The Morgan fingerprint density at radius 2 is 1.86 bits per heavy atom. The maximum absolute atomic E-state index is 11.4. The molecule has 0 spiro atoms. The first kappa shape index (κ1) is 19.0. The van der Waals surface area contributed by atoms with E-state index in [4.69, 9.17) is 9.47 Å². The third kappa shape index (κ3) is 4.05. The van der Waals surface area contributed by atoms with Crippen LogP contribution >= 0.6 is 0 Å². The molecule has 0 amide bonds. The van der Waals surface area contributed by atoms with Crippen molar-refractivity contribution >= 4 is 11.7 Å². The molecule has 2 aromatic carbocycles. The summed E-state index contributed by atoms with van der Waals surface area (Å²) in [6.45, 7) is 6.56. The number of fused-ring (bicyclic) bond motifs is 5. The van der Waals surface area contributed by atoms with Crippen LogP contribution in [0.1, 0.15) is 29.7 Å². The van der Waals surface area contributed by atoms with Gasteiger partial charge in [-0.3, -0.25) is 4.90 Å². The first-order valence-electron chi connectivity index (χ1n) is 10.1. The number of anilines is 1. The molecule has 5 nitrogen and oxygen atoms in total. The van der Waals surface area contributed by atoms with Gasteiger partial charge in [0.2, 0.25) is 0 Å². The largest absolute Gasteiger partial charge is 0.464 e. The number of rotatable bonds is 6. The monoisotopic (exact) mass is 380 g/mol. The predicted molar refractivity (Wildman–Crippen MR) is 110 cm³/mol. The molecular weight excluding hydrogens is 352 g/mol. The van der Waals surface area contributed by atoms with Crippen molar-refractivity contribution in [3.63, 3.8) is 0 Å². The standard InChI is InChI=1S/C23H28N2O3/c1-2-28-23(26)17-27-14-13-24-11-12-25-21-10-6-4-8-19(21)15-18-7-3-5-9-20(18)22(25)16-24/h3-10,22H,2,11-17H2,1H3/t22-/m1/s1. The summed E-state index contributed by atoms with van der Waals surface area (Å²) in [5.41, 5.74) is 5.62. The lowest BCUT2D eigenvalue weighted by Crippen LogP contribution is -2.49. The van der Waals surface area contributed by atoms with E-state index in [1.807, 2.05) is 0 Å². The lowest BCUT2D eigenvalue weighted by molar-refractivity contribution is -0.148. The molecule has 1 fully saturated rings. The Bertz CT molecular complexity index is 823. The number of para-hydroxylation sites is 1. The number of benzene rings is 2. The predicted octanol–water partition coefficient (Wildman–Crippen LogP) is 3.03.